The summed E-state index contributed by atoms with van der Waals surface area (Å²) in [5.41, 5.74) is -0.0789. The Morgan fingerprint density at radius 2 is 2.00 bits per heavy atom. The van der Waals surface area contributed by atoms with Crippen molar-refractivity contribution in [2.24, 2.45) is 5.92 Å². The van der Waals surface area contributed by atoms with Crippen LogP contribution in [0.1, 0.15) is 37.0 Å². The van der Waals surface area contributed by atoms with Crippen molar-refractivity contribution in [1.82, 2.24) is 0 Å². The molecule has 1 aliphatic carbocycles. The minimum absolute atomic E-state index is 0.220. The van der Waals surface area contributed by atoms with Gasteiger partial charge in [-0.3, -0.25) is 4.79 Å². The van der Waals surface area contributed by atoms with Crippen molar-refractivity contribution in [3.63, 3.8) is 0 Å². The molecule has 6 nitrogen and oxygen atoms in total. The summed E-state index contributed by atoms with van der Waals surface area (Å²) in [5, 5.41) is 2.82. The van der Waals surface area contributed by atoms with Crippen molar-refractivity contribution in [2.45, 2.75) is 32.3 Å². The fourth-order valence-corrected chi connectivity index (χ4v) is 2.49. The molecule has 0 unspecified atom stereocenters. The molecule has 1 N–H and O–H groups in total. The Kier molecular flexibility index (Phi) is 5.26. The Balaban J connectivity index is 2.21. The predicted octanol–water partition coefficient (Wildman–Crippen LogP) is 2.63. The zero-order chi connectivity index (χ0) is 17.0. The van der Waals surface area contributed by atoms with Crippen LogP contribution in [0.4, 0.5) is 5.69 Å². The summed E-state index contributed by atoms with van der Waals surface area (Å²) in [5.74, 6) is -0.0759. The molecular weight excluding hydrogens is 298 g/mol. The van der Waals surface area contributed by atoms with E-state index in [-0.39, 0.29) is 24.0 Å². The second-order valence-corrected chi connectivity index (χ2v) is 5.68. The summed E-state index contributed by atoms with van der Waals surface area (Å²) < 4.78 is 15.6. The highest BCUT2D eigenvalue weighted by Crippen LogP contribution is 2.42. The van der Waals surface area contributed by atoms with Crippen LogP contribution in [0, 0.1) is 5.92 Å². The number of nitrogens with one attached hydrogen (secondary N) is 1. The Labute approximate surface area is 136 Å². The highest BCUT2D eigenvalue weighted by molar-refractivity contribution is 5.99. The maximum atomic E-state index is 12.5. The molecule has 0 aliphatic heterocycles. The van der Waals surface area contributed by atoms with Gasteiger partial charge in [-0.05, 0) is 50.8 Å². The molecule has 1 fully saturated rings. The number of anilines is 1. The monoisotopic (exact) mass is 321 g/mol. The van der Waals surface area contributed by atoms with Crippen LogP contribution in [0.15, 0.2) is 18.2 Å². The van der Waals surface area contributed by atoms with E-state index in [0.717, 1.165) is 12.8 Å². The Morgan fingerprint density at radius 1 is 1.30 bits per heavy atom. The van der Waals surface area contributed by atoms with E-state index in [0.29, 0.717) is 11.4 Å². The van der Waals surface area contributed by atoms with Gasteiger partial charge in [0.1, 0.15) is 16.9 Å². The van der Waals surface area contributed by atoms with E-state index in [1.54, 1.807) is 32.0 Å². The minimum atomic E-state index is -0.857. The van der Waals surface area contributed by atoms with Crippen molar-refractivity contribution in [2.75, 3.05) is 26.1 Å². The quantitative estimate of drug-likeness (QED) is 0.782. The Bertz CT molecular complexity index is 597. The number of ether oxygens (including phenoxy) is 3. The number of benzene rings is 1. The van der Waals surface area contributed by atoms with Crippen molar-refractivity contribution in [3.05, 3.63) is 23.8 Å². The van der Waals surface area contributed by atoms with Crippen LogP contribution >= 0.6 is 0 Å². The summed E-state index contributed by atoms with van der Waals surface area (Å²) >= 11 is 0. The topological polar surface area (TPSA) is 73.9 Å². The molecule has 0 aromatic heterocycles. The lowest BCUT2D eigenvalue weighted by atomic mass is 9.99. The van der Waals surface area contributed by atoms with Gasteiger partial charge in [0.05, 0.1) is 13.7 Å². The zero-order valence-electron chi connectivity index (χ0n) is 14.0. The first-order chi connectivity index (χ1) is 11.0. The van der Waals surface area contributed by atoms with Crippen LogP contribution in [0.25, 0.3) is 0 Å². The average Bonchev–Trinajstić information content (AvgIpc) is 3.39. The van der Waals surface area contributed by atoms with Crippen LogP contribution in [-0.2, 0) is 14.3 Å². The van der Waals surface area contributed by atoms with Crippen LogP contribution in [0.2, 0.25) is 0 Å². The molecule has 0 bridgehead atoms. The fraction of sp³-hybridized carbons (Fsp3) is 0.529. The molecule has 2 rings (SSSR count). The van der Waals surface area contributed by atoms with Crippen molar-refractivity contribution < 1.29 is 23.8 Å². The number of carbonyl (C=O) groups excluding carboxylic acids is 2. The summed E-state index contributed by atoms with van der Waals surface area (Å²) in [6.07, 6.45) is 1.96. The lowest BCUT2D eigenvalue weighted by Crippen LogP contribution is -2.44. The van der Waals surface area contributed by atoms with E-state index in [1.807, 2.05) is 0 Å². The Morgan fingerprint density at radius 3 is 2.52 bits per heavy atom. The number of rotatable bonds is 7. The second-order valence-electron chi connectivity index (χ2n) is 5.68. The number of hydrogen-bond donors (Lipinski definition) is 1. The lowest BCUT2D eigenvalue weighted by molar-refractivity contribution is -0.138. The normalized spacial score (nSPS) is 16.3. The molecule has 0 radical (unpaired) electrons. The van der Waals surface area contributed by atoms with E-state index >= 15 is 0 Å². The summed E-state index contributed by atoms with van der Waals surface area (Å²) in [6, 6.07) is 4.86. The smallest absolute Gasteiger partial charge is 0.341 e. The van der Waals surface area contributed by atoms with Crippen LogP contribution in [-0.4, -0.2) is 38.3 Å². The fourth-order valence-electron chi connectivity index (χ4n) is 2.49. The van der Waals surface area contributed by atoms with E-state index in [9.17, 15) is 9.59 Å². The van der Waals surface area contributed by atoms with Gasteiger partial charge in [0.2, 0.25) is 0 Å². The van der Waals surface area contributed by atoms with E-state index in [1.165, 1.54) is 14.2 Å². The maximum absolute atomic E-state index is 12.5. The zero-order valence-corrected chi connectivity index (χ0v) is 14.0. The minimum Gasteiger partial charge on any atom is -0.496 e. The molecule has 126 valence electrons. The van der Waals surface area contributed by atoms with Gasteiger partial charge in [-0.15, -0.1) is 0 Å². The van der Waals surface area contributed by atoms with Crippen molar-refractivity contribution in [1.29, 1.82) is 0 Å². The summed E-state index contributed by atoms with van der Waals surface area (Å²) in [7, 11) is 3.02. The molecule has 0 saturated heterocycles. The molecule has 23 heavy (non-hydrogen) atoms. The third-order valence-corrected chi connectivity index (χ3v) is 4.18. The molecule has 1 amide bonds. The summed E-state index contributed by atoms with van der Waals surface area (Å²) in [4.78, 5) is 24.5. The van der Waals surface area contributed by atoms with Crippen molar-refractivity contribution in [3.8, 4) is 5.75 Å². The van der Waals surface area contributed by atoms with Crippen LogP contribution in [0.5, 0.6) is 5.75 Å². The molecule has 0 heterocycles. The first-order valence-corrected chi connectivity index (χ1v) is 7.68. The van der Waals surface area contributed by atoms with Crippen molar-refractivity contribution >= 4 is 17.6 Å². The molecule has 0 spiro atoms. The van der Waals surface area contributed by atoms with Gasteiger partial charge < -0.3 is 19.5 Å². The number of methoxy groups -OCH3 is 2. The predicted molar refractivity (Wildman–Crippen MR) is 85.7 cm³/mol. The Hall–Kier alpha value is -2.08. The standard InChI is InChI=1S/C17H23NO5/c1-5-23-15(19)13-10-12(8-9-14(13)21-3)18-16(20)17(2,22-4)11-6-7-11/h8-11H,5-7H2,1-4H3,(H,18,20)/t17-/m0/s1. The van der Waals surface area contributed by atoms with Gasteiger partial charge in [0.25, 0.3) is 5.91 Å². The highest BCUT2D eigenvalue weighted by Gasteiger charge is 2.47. The van der Waals surface area contributed by atoms with Crippen LogP contribution in [0.3, 0.4) is 0 Å². The van der Waals surface area contributed by atoms with Gasteiger partial charge in [0.15, 0.2) is 0 Å². The molecule has 1 saturated carbocycles. The number of esters is 1. The van der Waals surface area contributed by atoms with Gasteiger partial charge in [-0.2, -0.15) is 0 Å². The van der Waals surface area contributed by atoms with Gasteiger partial charge in [-0.25, -0.2) is 4.79 Å². The largest absolute Gasteiger partial charge is 0.496 e. The number of amides is 1. The lowest BCUT2D eigenvalue weighted by Gasteiger charge is -2.26. The van der Waals surface area contributed by atoms with Gasteiger partial charge >= 0.3 is 5.97 Å². The second kappa shape index (κ2) is 7.00. The van der Waals surface area contributed by atoms with Gasteiger partial charge in [-0.1, -0.05) is 0 Å². The first-order valence-electron chi connectivity index (χ1n) is 7.68. The first kappa shape index (κ1) is 17.3. The molecule has 1 aliphatic rings. The third-order valence-electron chi connectivity index (χ3n) is 4.18. The number of carbonyl (C=O) groups is 2. The summed E-state index contributed by atoms with van der Waals surface area (Å²) in [6.45, 7) is 3.79. The van der Waals surface area contributed by atoms with E-state index in [2.05, 4.69) is 5.32 Å². The van der Waals surface area contributed by atoms with E-state index < -0.39 is 11.6 Å². The SMILES string of the molecule is CCOC(=O)c1cc(NC(=O)[C@@](C)(OC)C2CC2)ccc1OC. The molecule has 1 aromatic rings. The molecule has 1 atom stereocenters. The molecule has 6 heteroatoms. The van der Waals surface area contributed by atoms with E-state index in [4.69, 9.17) is 14.2 Å². The highest BCUT2D eigenvalue weighted by atomic mass is 16.5. The number of hydrogen-bond acceptors (Lipinski definition) is 5. The average molecular weight is 321 g/mol. The van der Waals surface area contributed by atoms with Gasteiger partial charge in [0, 0.05) is 12.8 Å². The molecule has 1 aromatic carbocycles. The molecular formula is C17H23NO5. The maximum Gasteiger partial charge on any atom is 0.341 e. The van der Waals surface area contributed by atoms with Crippen LogP contribution < -0.4 is 10.1 Å². The third kappa shape index (κ3) is 3.64.